The molecule has 7 unspecified atom stereocenters. The highest BCUT2D eigenvalue weighted by atomic mass is 16.7. The van der Waals surface area contributed by atoms with E-state index in [0.29, 0.717) is 6.42 Å². The fourth-order valence-electron chi connectivity index (χ4n) is 7.55. The van der Waals surface area contributed by atoms with Crippen molar-refractivity contribution in [2.24, 2.45) is 0 Å². The SMILES string of the molecule is CC/C=C\C/C=C\C/C=C\C/C=C\C/C=C\C/C=C\C/C=C\C/C=C\C/C=C\C/C=C\CCCCCCCCC(=O)NC(COC1OC(CO)C(O)C(O)C1O)C(O)/C=C/CC/C=C/CCCCCCC. The molecule has 0 saturated carbocycles. The molecule has 400 valence electrons. The van der Waals surface area contributed by atoms with E-state index in [-0.39, 0.29) is 12.5 Å². The number of hydrogen-bond acceptors (Lipinski definition) is 8. The molecule has 1 aliphatic rings. The summed E-state index contributed by atoms with van der Waals surface area (Å²) in [7, 11) is 0. The molecule has 1 aliphatic heterocycles. The van der Waals surface area contributed by atoms with Gasteiger partial charge in [-0.15, -0.1) is 0 Å². The molecule has 7 atom stereocenters. The molecule has 0 aromatic rings. The Labute approximate surface area is 432 Å². The Morgan fingerprint density at radius 2 is 0.887 bits per heavy atom. The number of unbranched alkanes of at least 4 members (excludes halogenated alkanes) is 12. The van der Waals surface area contributed by atoms with Crippen LogP contribution in [0.15, 0.2) is 146 Å². The van der Waals surface area contributed by atoms with Crippen molar-refractivity contribution in [1.29, 1.82) is 0 Å². The fourth-order valence-corrected chi connectivity index (χ4v) is 7.55. The molecule has 0 spiro atoms. The van der Waals surface area contributed by atoms with Crippen molar-refractivity contribution in [1.82, 2.24) is 5.32 Å². The molecular formula is C62H99NO8. The monoisotopic (exact) mass is 986 g/mol. The van der Waals surface area contributed by atoms with Crippen molar-refractivity contribution in [2.75, 3.05) is 13.2 Å². The van der Waals surface area contributed by atoms with Gasteiger partial charge >= 0.3 is 0 Å². The summed E-state index contributed by atoms with van der Waals surface area (Å²) in [5.41, 5.74) is 0. The highest BCUT2D eigenvalue weighted by Gasteiger charge is 2.44. The normalized spacial score (nSPS) is 20.5. The second-order valence-electron chi connectivity index (χ2n) is 18.3. The van der Waals surface area contributed by atoms with E-state index < -0.39 is 49.5 Å². The van der Waals surface area contributed by atoms with Gasteiger partial charge in [-0.3, -0.25) is 4.79 Å². The standard InChI is InChI=1S/C62H99NO8/c1-3-5-7-9-11-13-15-16-17-18-19-20-21-22-23-24-25-26-27-28-29-30-31-32-33-34-35-36-37-38-39-40-42-44-46-48-50-52-58(66)63-55(54-70-62-61(69)60(68)59(67)57(53-64)71-62)56(65)51-49-47-45-43-41-14-12-10-8-6-4-2/h5,7,11,13,16-17,19-20,22-23,25-26,28-29,31-32,34-35,37-38,41,43,49,51,55-57,59-62,64-65,67-69H,3-4,6,8-10,12,14-15,18,21,24,27,30,33,36,39-40,42,44-48,50,52-54H2,1-2H3,(H,63,66)/b7-5-,13-11-,17-16-,20-19-,23-22-,26-25-,29-28-,32-31-,35-34-,38-37-,43-41+,51-49+. The van der Waals surface area contributed by atoms with Crippen LogP contribution in [0.5, 0.6) is 0 Å². The summed E-state index contributed by atoms with van der Waals surface area (Å²) in [4.78, 5) is 13.0. The molecule has 6 N–H and O–H groups in total. The summed E-state index contributed by atoms with van der Waals surface area (Å²) < 4.78 is 11.2. The average molecular weight is 986 g/mol. The lowest BCUT2D eigenvalue weighted by Gasteiger charge is -2.40. The molecule has 1 fully saturated rings. The zero-order valence-corrected chi connectivity index (χ0v) is 44.2. The smallest absolute Gasteiger partial charge is 0.220 e. The topological polar surface area (TPSA) is 149 Å². The Balaban J connectivity index is 2.20. The first-order chi connectivity index (χ1) is 34.8. The lowest BCUT2D eigenvalue weighted by Crippen LogP contribution is -2.60. The van der Waals surface area contributed by atoms with E-state index in [1.165, 1.54) is 32.1 Å². The Morgan fingerprint density at radius 1 is 0.493 bits per heavy atom. The van der Waals surface area contributed by atoms with E-state index in [1.54, 1.807) is 6.08 Å². The minimum absolute atomic E-state index is 0.211. The maximum absolute atomic E-state index is 13.0. The first kappa shape index (κ1) is 65.1. The number of carbonyl (C=O) groups excluding carboxylic acids is 1. The van der Waals surface area contributed by atoms with Gasteiger partial charge in [0, 0.05) is 6.42 Å². The van der Waals surface area contributed by atoms with E-state index >= 15 is 0 Å². The Morgan fingerprint density at radius 3 is 1.35 bits per heavy atom. The van der Waals surface area contributed by atoms with Crippen molar-refractivity contribution in [3.63, 3.8) is 0 Å². The van der Waals surface area contributed by atoms with Crippen molar-refractivity contribution < 1.29 is 39.8 Å². The van der Waals surface area contributed by atoms with E-state index in [1.807, 2.05) is 6.08 Å². The number of rotatable bonds is 44. The Hall–Kier alpha value is -3.93. The number of carbonyl (C=O) groups is 1. The van der Waals surface area contributed by atoms with Gasteiger partial charge in [-0.25, -0.2) is 0 Å². The third-order valence-corrected chi connectivity index (χ3v) is 11.9. The third kappa shape index (κ3) is 39.3. The molecule has 0 bridgehead atoms. The van der Waals surface area contributed by atoms with Gasteiger partial charge in [0.05, 0.1) is 25.4 Å². The van der Waals surface area contributed by atoms with Crippen LogP contribution in [0.3, 0.4) is 0 Å². The fraction of sp³-hybridized carbons (Fsp3) is 0.597. The van der Waals surface area contributed by atoms with Gasteiger partial charge < -0.3 is 40.3 Å². The van der Waals surface area contributed by atoms with Gasteiger partial charge in [-0.05, 0) is 109 Å². The number of aliphatic hydroxyl groups is 5. The summed E-state index contributed by atoms with van der Waals surface area (Å²) in [5, 5.41) is 54.2. The first-order valence-corrected chi connectivity index (χ1v) is 27.6. The lowest BCUT2D eigenvalue weighted by molar-refractivity contribution is -0.302. The molecular weight excluding hydrogens is 887 g/mol. The quantitative estimate of drug-likeness (QED) is 0.0261. The van der Waals surface area contributed by atoms with Crippen LogP contribution < -0.4 is 5.32 Å². The Kier molecular flexibility index (Phi) is 45.5. The average Bonchev–Trinajstić information content (AvgIpc) is 3.37. The molecule has 1 heterocycles. The summed E-state index contributed by atoms with van der Waals surface area (Å²) in [6.07, 6.45) is 70.6. The number of hydrogen-bond donors (Lipinski definition) is 6. The zero-order valence-electron chi connectivity index (χ0n) is 44.2. The van der Waals surface area contributed by atoms with Crippen LogP contribution in [0.4, 0.5) is 0 Å². The van der Waals surface area contributed by atoms with Crippen LogP contribution in [0.1, 0.15) is 181 Å². The van der Waals surface area contributed by atoms with Crippen molar-refractivity contribution in [2.45, 2.75) is 224 Å². The maximum Gasteiger partial charge on any atom is 0.220 e. The summed E-state index contributed by atoms with van der Waals surface area (Å²) in [6, 6.07) is -0.839. The van der Waals surface area contributed by atoms with Crippen LogP contribution in [-0.4, -0.2) is 87.5 Å². The number of amides is 1. The van der Waals surface area contributed by atoms with Crippen molar-refractivity contribution in [3.05, 3.63) is 146 Å². The molecule has 0 aromatic heterocycles. The second-order valence-corrected chi connectivity index (χ2v) is 18.3. The third-order valence-electron chi connectivity index (χ3n) is 11.9. The minimum atomic E-state index is -1.58. The molecule has 9 heteroatoms. The maximum atomic E-state index is 13.0. The molecule has 71 heavy (non-hydrogen) atoms. The van der Waals surface area contributed by atoms with Crippen LogP contribution in [0, 0.1) is 0 Å². The van der Waals surface area contributed by atoms with Gasteiger partial charge in [-0.2, -0.15) is 0 Å². The van der Waals surface area contributed by atoms with Gasteiger partial charge in [0.2, 0.25) is 5.91 Å². The molecule has 1 amide bonds. The highest BCUT2D eigenvalue weighted by Crippen LogP contribution is 2.22. The largest absolute Gasteiger partial charge is 0.394 e. The van der Waals surface area contributed by atoms with Crippen LogP contribution in [0.2, 0.25) is 0 Å². The highest BCUT2D eigenvalue weighted by molar-refractivity contribution is 5.76. The predicted molar refractivity (Wildman–Crippen MR) is 299 cm³/mol. The molecule has 1 saturated heterocycles. The molecule has 1 rings (SSSR count). The van der Waals surface area contributed by atoms with Crippen LogP contribution in [-0.2, 0) is 14.3 Å². The van der Waals surface area contributed by atoms with Gasteiger partial charge in [0.25, 0.3) is 0 Å². The Bertz CT molecular complexity index is 1610. The van der Waals surface area contributed by atoms with Crippen molar-refractivity contribution in [3.8, 4) is 0 Å². The zero-order chi connectivity index (χ0) is 51.5. The van der Waals surface area contributed by atoms with Crippen LogP contribution >= 0.6 is 0 Å². The van der Waals surface area contributed by atoms with Gasteiger partial charge in [-0.1, -0.05) is 211 Å². The van der Waals surface area contributed by atoms with E-state index in [0.717, 1.165) is 128 Å². The van der Waals surface area contributed by atoms with Crippen LogP contribution in [0.25, 0.3) is 0 Å². The van der Waals surface area contributed by atoms with E-state index in [2.05, 4.69) is 153 Å². The van der Waals surface area contributed by atoms with Gasteiger partial charge in [0.1, 0.15) is 24.4 Å². The first-order valence-electron chi connectivity index (χ1n) is 27.6. The summed E-state index contributed by atoms with van der Waals surface area (Å²) in [5.74, 6) is -0.211. The second kappa shape index (κ2) is 49.6. The van der Waals surface area contributed by atoms with E-state index in [4.69, 9.17) is 9.47 Å². The van der Waals surface area contributed by atoms with Crippen molar-refractivity contribution >= 4 is 5.91 Å². The molecule has 0 radical (unpaired) electrons. The number of ether oxygens (including phenoxy) is 2. The molecule has 0 aliphatic carbocycles. The predicted octanol–water partition coefficient (Wildman–Crippen LogP) is 13.5. The summed E-state index contributed by atoms with van der Waals surface area (Å²) in [6.45, 7) is 3.58. The number of aliphatic hydroxyl groups excluding tert-OH is 5. The number of allylic oxidation sites excluding steroid dienone is 23. The summed E-state index contributed by atoms with van der Waals surface area (Å²) >= 11 is 0. The minimum Gasteiger partial charge on any atom is -0.394 e. The molecule has 0 aromatic carbocycles. The number of nitrogens with one attached hydrogen (secondary N) is 1. The van der Waals surface area contributed by atoms with E-state index in [9.17, 15) is 30.3 Å². The lowest BCUT2D eigenvalue weighted by atomic mass is 9.99. The molecule has 9 nitrogen and oxygen atoms in total. The van der Waals surface area contributed by atoms with Gasteiger partial charge in [0.15, 0.2) is 6.29 Å².